The van der Waals surface area contributed by atoms with Crippen LogP contribution in [0.25, 0.3) is 0 Å². The molecule has 0 spiro atoms. The van der Waals surface area contributed by atoms with Crippen molar-refractivity contribution in [3.63, 3.8) is 0 Å². The third-order valence-corrected chi connectivity index (χ3v) is 5.77. The number of carbonyl (C=O) groups excluding carboxylic acids is 2. The Bertz CT molecular complexity index is 1190. The van der Waals surface area contributed by atoms with Crippen LogP contribution in [0.15, 0.2) is 66.7 Å². The van der Waals surface area contributed by atoms with E-state index >= 15 is 0 Å². The number of amides is 2. The molecule has 0 radical (unpaired) electrons. The smallest absolute Gasteiger partial charge is 0.264 e. The van der Waals surface area contributed by atoms with Crippen LogP contribution in [0.5, 0.6) is 17.2 Å². The number of nitrogens with one attached hydrogen (secondary N) is 1. The average molecular weight is 461 g/mol. The number of ether oxygens (including phenoxy) is 3. The molecule has 2 amide bonds. The monoisotopic (exact) mass is 460 g/mol. The minimum Gasteiger partial charge on any atom is -0.497 e. The summed E-state index contributed by atoms with van der Waals surface area (Å²) in [5.74, 6) is 1.54. The second kappa shape index (κ2) is 10.3. The molecule has 0 aliphatic carbocycles. The van der Waals surface area contributed by atoms with Crippen LogP contribution >= 0.6 is 0 Å². The minimum absolute atomic E-state index is 0.0684. The van der Waals surface area contributed by atoms with Crippen LogP contribution in [0, 0.1) is 0 Å². The molecule has 1 aliphatic heterocycles. The second-order valence-corrected chi connectivity index (χ2v) is 8.04. The highest BCUT2D eigenvalue weighted by atomic mass is 16.5. The quantitative estimate of drug-likeness (QED) is 0.555. The zero-order valence-corrected chi connectivity index (χ0v) is 19.5. The first-order chi connectivity index (χ1) is 16.5. The van der Waals surface area contributed by atoms with Crippen LogP contribution in [0.3, 0.4) is 0 Å². The summed E-state index contributed by atoms with van der Waals surface area (Å²) in [4.78, 5) is 27.8. The van der Waals surface area contributed by atoms with E-state index in [0.717, 1.165) is 16.9 Å². The van der Waals surface area contributed by atoms with Crippen LogP contribution in [0.4, 0.5) is 5.69 Å². The molecule has 0 saturated carbocycles. The number of hydrogen-bond donors (Lipinski definition) is 1. The minimum atomic E-state index is -0.569. The van der Waals surface area contributed by atoms with E-state index in [4.69, 9.17) is 14.2 Å². The Kier molecular flexibility index (Phi) is 7.01. The van der Waals surface area contributed by atoms with Gasteiger partial charge in [-0.3, -0.25) is 9.59 Å². The highest BCUT2D eigenvalue weighted by molar-refractivity contribution is 6.06. The Morgan fingerprint density at radius 2 is 1.88 bits per heavy atom. The van der Waals surface area contributed by atoms with Gasteiger partial charge in [-0.2, -0.15) is 0 Å². The van der Waals surface area contributed by atoms with Crippen LogP contribution < -0.4 is 19.5 Å². The number of carbonyl (C=O) groups is 2. The second-order valence-electron chi connectivity index (χ2n) is 8.04. The summed E-state index contributed by atoms with van der Waals surface area (Å²) in [5.41, 5.74) is 2.84. The molecule has 7 nitrogen and oxygen atoms in total. The Morgan fingerprint density at radius 1 is 1.06 bits per heavy atom. The fraction of sp³-hybridized carbons (Fsp3) is 0.259. The van der Waals surface area contributed by atoms with E-state index in [-0.39, 0.29) is 11.8 Å². The summed E-state index contributed by atoms with van der Waals surface area (Å²) in [6, 6.07) is 20.2. The number of benzene rings is 3. The van der Waals surface area contributed by atoms with Gasteiger partial charge in [0, 0.05) is 24.3 Å². The Morgan fingerprint density at radius 3 is 2.65 bits per heavy atom. The van der Waals surface area contributed by atoms with Crippen molar-refractivity contribution in [1.82, 2.24) is 4.90 Å². The van der Waals surface area contributed by atoms with Crippen molar-refractivity contribution in [2.45, 2.75) is 32.5 Å². The Balaban J connectivity index is 1.60. The number of para-hydroxylation sites is 1. The normalized spacial score (nSPS) is 15.1. The van der Waals surface area contributed by atoms with Gasteiger partial charge in [-0.25, -0.2) is 0 Å². The molecule has 3 aromatic rings. The highest BCUT2D eigenvalue weighted by Crippen LogP contribution is 2.31. The third-order valence-electron chi connectivity index (χ3n) is 5.77. The van der Waals surface area contributed by atoms with E-state index < -0.39 is 6.10 Å². The summed E-state index contributed by atoms with van der Waals surface area (Å²) in [7, 11) is 3.15. The van der Waals surface area contributed by atoms with Gasteiger partial charge >= 0.3 is 0 Å². The van der Waals surface area contributed by atoms with Crippen LogP contribution in [-0.2, 0) is 17.9 Å². The van der Waals surface area contributed by atoms with Crippen molar-refractivity contribution in [3.8, 4) is 17.2 Å². The lowest BCUT2D eigenvalue weighted by atomic mass is 10.1. The molecule has 0 bridgehead atoms. The molecular weight excluding hydrogens is 432 g/mol. The first-order valence-corrected chi connectivity index (χ1v) is 11.2. The van der Waals surface area contributed by atoms with Gasteiger partial charge in [-0.05, 0) is 54.4 Å². The lowest BCUT2D eigenvalue weighted by Gasteiger charge is -2.23. The fourth-order valence-electron chi connectivity index (χ4n) is 4.00. The van der Waals surface area contributed by atoms with Gasteiger partial charge < -0.3 is 24.4 Å². The largest absolute Gasteiger partial charge is 0.497 e. The highest BCUT2D eigenvalue weighted by Gasteiger charge is 2.30. The topological polar surface area (TPSA) is 77.1 Å². The lowest BCUT2D eigenvalue weighted by molar-refractivity contribution is -0.139. The van der Waals surface area contributed by atoms with E-state index in [2.05, 4.69) is 5.32 Å². The van der Waals surface area contributed by atoms with Crippen LogP contribution in [0.1, 0.15) is 34.8 Å². The first kappa shape index (κ1) is 23.2. The molecule has 176 valence electrons. The number of methoxy groups -OCH3 is 2. The number of fused-ring (bicyclic) bond motifs is 1. The fourth-order valence-corrected chi connectivity index (χ4v) is 4.00. The number of nitrogens with zero attached hydrogens (tertiary/aromatic N) is 1. The molecule has 34 heavy (non-hydrogen) atoms. The standard InChI is InChI=1S/C27H28N2O5/c1-4-23-27(31)29(16-18-8-7-9-21(14-18)32-2)17-19-15-20(12-13-24(19)34-23)28-26(30)22-10-5-6-11-25(22)33-3/h5-15,23H,4,16-17H2,1-3H3,(H,28,30). The zero-order valence-electron chi connectivity index (χ0n) is 19.5. The Labute approximate surface area is 199 Å². The maximum Gasteiger partial charge on any atom is 0.264 e. The van der Waals surface area contributed by atoms with Crippen molar-refractivity contribution in [3.05, 3.63) is 83.4 Å². The molecule has 7 heteroatoms. The van der Waals surface area contributed by atoms with Gasteiger partial charge in [0.1, 0.15) is 17.2 Å². The maximum absolute atomic E-state index is 13.2. The molecule has 1 aliphatic rings. The van der Waals surface area contributed by atoms with Gasteiger partial charge in [-0.15, -0.1) is 0 Å². The van der Waals surface area contributed by atoms with Crippen molar-refractivity contribution in [2.75, 3.05) is 19.5 Å². The van der Waals surface area contributed by atoms with Crippen molar-refractivity contribution in [1.29, 1.82) is 0 Å². The summed E-state index contributed by atoms with van der Waals surface area (Å²) >= 11 is 0. The summed E-state index contributed by atoms with van der Waals surface area (Å²) < 4.78 is 16.7. The number of anilines is 1. The zero-order chi connectivity index (χ0) is 24.1. The van der Waals surface area contributed by atoms with E-state index in [1.807, 2.05) is 43.3 Å². The predicted molar refractivity (Wildman–Crippen MR) is 129 cm³/mol. The molecule has 0 aromatic heterocycles. The van der Waals surface area contributed by atoms with Gasteiger partial charge in [0.15, 0.2) is 6.10 Å². The van der Waals surface area contributed by atoms with Gasteiger partial charge in [-0.1, -0.05) is 31.2 Å². The van der Waals surface area contributed by atoms with Crippen molar-refractivity contribution in [2.24, 2.45) is 0 Å². The van der Waals surface area contributed by atoms with E-state index in [1.165, 1.54) is 7.11 Å². The molecule has 0 saturated heterocycles. The maximum atomic E-state index is 13.2. The third kappa shape index (κ3) is 4.98. The molecule has 3 aromatic carbocycles. The molecule has 1 heterocycles. The first-order valence-electron chi connectivity index (χ1n) is 11.2. The average Bonchev–Trinajstić information content (AvgIpc) is 2.99. The number of rotatable bonds is 7. The van der Waals surface area contributed by atoms with Crippen LogP contribution in [0.2, 0.25) is 0 Å². The van der Waals surface area contributed by atoms with Gasteiger partial charge in [0.25, 0.3) is 11.8 Å². The predicted octanol–water partition coefficient (Wildman–Crippen LogP) is 4.66. The summed E-state index contributed by atoms with van der Waals surface area (Å²) in [6.45, 7) is 2.71. The van der Waals surface area contributed by atoms with E-state index in [0.29, 0.717) is 42.3 Å². The molecular formula is C27H28N2O5. The Hall–Kier alpha value is -4.00. The SMILES string of the molecule is CCC1Oc2ccc(NC(=O)c3ccccc3OC)cc2CN(Cc2cccc(OC)c2)C1=O. The molecule has 0 fully saturated rings. The molecule has 4 rings (SSSR count). The van der Waals surface area contributed by atoms with Crippen LogP contribution in [-0.4, -0.2) is 37.0 Å². The van der Waals surface area contributed by atoms with Gasteiger partial charge in [0.2, 0.25) is 0 Å². The van der Waals surface area contributed by atoms with Crippen molar-refractivity contribution >= 4 is 17.5 Å². The summed E-state index contributed by atoms with van der Waals surface area (Å²) in [6.07, 6.45) is -0.0139. The van der Waals surface area contributed by atoms with Crippen molar-refractivity contribution < 1.29 is 23.8 Å². The van der Waals surface area contributed by atoms with E-state index in [1.54, 1.807) is 42.3 Å². The van der Waals surface area contributed by atoms with Gasteiger partial charge in [0.05, 0.1) is 19.8 Å². The molecule has 1 unspecified atom stereocenters. The van der Waals surface area contributed by atoms with E-state index in [9.17, 15) is 9.59 Å². The molecule has 1 atom stereocenters. The molecule has 1 N–H and O–H groups in total. The summed E-state index contributed by atoms with van der Waals surface area (Å²) in [5, 5.41) is 2.93. The number of hydrogen-bond acceptors (Lipinski definition) is 5. The lowest BCUT2D eigenvalue weighted by Crippen LogP contribution is -2.38.